The summed E-state index contributed by atoms with van der Waals surface area (Å²) in [5, 5.41) is 1.15. The van der Waals surface area contributed by atoms with Gasteiger partial charge in [-0.25, -0.2) is 0 Å². The van der Waals surface area contributed by atoms with Crippen molar-refractivity contribution in [3.8, 4) is 0 Å². The molecule has 0 unspecified atom stereocenters. The molecular weight excluding hydrogens is 176 g/mol. The lowest BCUT2D eigenvalue weighted by Crippen LogP contribution is -2.04. The normalized spacial score (nSPS) is 11.1. The molecule has 3 N–H and O–H groups in total. The molecular formula is C11H10N2O. The molecule has 0 saturated heterocycles. The number of benzene rings is 1. The first-order valence-electron chi connectivity index (χ1n) is 4.30. The topological polar surface area (TPSA) is 58.9 Å². The largest absolute Gasteiger partial charge is 0.366 e. The first-order chi connectivity index (χ1) is 6.75. The molecule has 0 atom stereocenters. The van der Waals surface area contributed by atoms with E-state index in [0.29, 0.717) is 0 Å². The van der Waals surface area contributed by atoms with Crippen LogP contribution in [0.3, 0.4) is 0 Å². The van der Waals surface area contributed by atoms with Crippen LogP contribution < -0.4 is 5.73 Å². The number of amides is 1. The molecule has 0 aliphatic heterocycles. The highest BCUT2D eigenvalue weighted by molar-refractivity contribution is 5.91. The van der Waals surface area contributed by atoms with Crippen LogP contribution >= 0.6 is 0 Å². The molecule has 0 radical (unpaired) electrons. The number of primary amides is 1. The summed E-state index contributed by atoms with van der Waals surface area (Å²) < 4.78 is 0. The van der Waals surface area contributed by atoms with Gasteiger partial charge in [0, 0.05) is 17.8 Å². The molecule has 1 aromatic heterocycles. The predicted molar refractivity (Wildman–Crippen MR) is 56.5 cm³/mol. The van der Waals surface area contributed by atoms with E-state index in [4.69, 9.17) is 5.73 Å². The van der Waals surface area contributed by atoms with Crippen LogP contribution in [0.15, 0.2) is 36.5 Å². The Morgan fingerprint density at radius 1 is 1.36 bits per heavy atom. The monoisotopic (exact) mass is 186 g/mol. The molecule has 1 heterocycles. The number of hydrogen-bond acceptors (Lipinski definition) is 1. The highest BCUT2D eigenvalue weighted by atomic mass is 16.1. The van der Waals surface area contributed by atoms with Crippen molar-refractivity contribution in [1.29, 1.82) is 0 Å². The van der Waals surface area contributed by atoms with Gasteiger partial charge >= 0.3 is 0 Å². The Bertz CT molecular complexity index is 497. The first kappa shape index (κ1) is 8.56. The zero-order valence-corrected chi connectivity index (χ0v) is 7.53. The van der Waals surface area contributed by atoms with Crippen LogP contribution in [0.4, 0.5) is 0 Å². The fraction of sp³-hybridized carbons (Fsp3) is 0. The molecule has 1 amide bonds. The molecule has 0 aliphatic carbocycles. The molecule has 0 bridgehead atoms. The lowest BCUT2D eigenvalue weighted by atomic mass is 10.1. The zero-order valence-electron chi connectivity index (χ0n) is 7.53. The lowest BCUT2D eigenvalue weighted by molar-refractivity contribution is -0.113. The molecule has 70 valence electrons. The van der Waals surface area contributed by atoms with E-state index < -0.39 is 5.91 Å². The second-order valence-electron chi connectivity index (χ2n) is 3.06. The first-order valence-corrected chi connectivity index (χ1v) is 4.30. The van der Waals surface area contributed by atoms with Gasteiger partial charge in [0.2, 0.25) is 5.91 Å². The number of rotatable bonds is 2. The molecule has 2 aromatic rings. The van der Waals surface area contributed by atoms with E-state index in [-0.39, 0.29) is 0 Å². The average Bonchev–Trinajstić information content (AvgIpc) is 2.61. The Balaban J connectivity index is 2.39. The third-order valence-corrected chi connectivity index (χ3v) is 2.02. The summed E-state index contributed by atoms with van der Waals surface area (Å²) in [6, 6.07) is 7.90. The Morgan fingerprint density at radius 3 is 3.00 bits per heavy atom. The standard InChI is InChI=1S/C11H10N2O/c12-11(14)4-2-8-1-3-9-5-6-13-10(9)7-8/h1-7,13H,(H2,12,14)/b4-2-. The van der Waals surface area contributed by atoms with Gasteiger partial charge in [-0.2, -0.15) is 0 Å². The van der Waals surface area contributed by atoms with Gasteiger partial charge in [-0.05, 0) is 29.2 Å². The minimum atomic E-state index is -0.434. The van der Waals surface area contributed by atoms with E-state index in [1.807, 2.05) is 30.5 Å². The van der Waals surface area contributed by atoms with Crippen LogP contribution in [0.5, 0.6) is 0 Å². The van der Waals surface area contributed by atoms with Crippen LogP contribution in [-0.4, -0.2) is 10.9 Å². The Kier molecular flexibility index (Phi) is 2.07. The minimum Gasteiger partial charge on any atom is -0.366 e. The summed E-state index contributed by atoms with van der Waals surface area (Å²) in [4.78, 5) is 13.6. The molecule has 0 aliphatic rings. The number of hydrogen-bond donors (Lipinski definition) is 2. The molecule has 0 saturated carbocycles. The number of aromatic nitrogens is 1. The van der Waals surface area contributed by atoms with E-state index in [0.717, 1.165) is 16.5 Å². The number of carbonyl (C=O) groups excluding carboxylic acids is 1. The number of nitrogens with two attached hydrogens (primary N) is 1. The van der Waals surface area contributed by atoms with Crippen LogP contribution in [0, 0.1) is 0 Å². The van der Waals surface area contributed by atoms with Crippen molar-refractivity contribution in [2.24, 2.45) is 5.73 Å². The lowest BCUT2D eigenvalue weighted by Gasteiger charge is -1.93. The second-order valence-corrected chi connectivity index (χ2v) is 3.06. The van der Waals surface area contributed by atoms with Crippen molar-refractivity contribution in [1.82, 2.24) is 4.98 Å². The molecule has 3 nitrogen and oxygen atoms in total. The van der Waals surface area contributed by atoms with E-state index in [9.17, 15) is 4.79 Å². The van der Waals surface area contributed by atoms with E-state index in [2.05, 4.69) is 4.98 Å². The fourth-order valence-corrected chi connectivity index (χ4v) is 1.35. The Labute approximate surface area is 81.2 Å². The Morgan fingerprint density at radius 2 is 2.21 bits per heavy atom. The van der Waals surface area contributed by atoms with Crippen LogP contribution in [0.2, 0.25) is 0 Å². The van der Waals surface area contributed by atoms with Crippen molar-refractivity contribution in [3.63, 3.8) is 0 Å². The number of aromatic amines is 1. The van der Waals surface area contributed by atoms with Gasteiger partial charge < -0.3 is 10.7 Å². The van der Waals surface area contributed by atoms with E-state index in [1.54, 1.807) is 6.08 Å². The second kappa shape index (κ2) is 3.38. The van der Waals surface area contributed by atoms with Crippen molar-refractivity contribution in [2.45, 2.75) is 0 Å². The summed E-state index contributed by atoms with van der Waals surface area (Å²) in [5.41, 5.74) is 7.01. The van der Waals surface area contributed by atoms with Crippen LogP contribution in [-0.2, 0) is 4.79 Å². The number of nitrogens with one attached hydrogen (secondary N) is 1. The number of carbonyl (C=O) groups is 1. The molecule has 3 heteroatoms. The van der Waals surface area contributed by atoms with Crippen molar-refractivity contribution in [3.05, 3.63) is 42.1 Å². The number of H-pyrrole nitrogens is 1. The van der Waals surface area contributed by atoms with Crippen LogP contribution in [0.25, 0.3) is 17.0 Å². The van der Waals surface area contributed by atoms with Gasteiger partial charge in [0.25, 0.3) is 0 Å². The molecule has 2 rings (SSSR count). The van der Waals surface area contributed by atoms with Gasteiger partial charge in [0.1, 0.15) is 0 Å². The minimum absolute atomic E-state index is 0.434. The van der Waals surface area contributed by atoms with Gasteiger partial charge in [-0.1, -0.05) is 12.1 Å². The molecule has 0 spiro atoms. The van der Waals surface area contributed by atoms with Gasteiger partial charge in [-0.15, -0.1) is 0 Å². The van der Waals surface area contributed by atoms with Crippen molar-refractivity contribution >= 4 is 22.9 Å². The number of fused-ring (bicyclic) bond motifs is 1. The summed E-state index contributed by atoms with van der Waals surface area (Å²) >= 11 is 0. The van der Waals surface area contributed by atoms with Gasteiger partial charge in [-0.3, -0.25) is 4.79 Å². The fourth-order valence-electron chi connectivity index (χ4n) is 1.35. The summed E-state index contributed by atoms with van der Waals surface area (Å²) in [5.74, 6) is -0.434. The Hall–Kier alpha value is -2.03. The smallest absolute Gasteiger partial charge is 0.241 e. The average molecular weight is 186 g/mol. The zero-order chi connectivity index (χ0) is 9.97. The highest BCUT2D eigenvalue weighted by Gasteiger charge is 1.94. The third kappa shape index (κ3) is 1.66. The SMILES string of the molecule is NC(=O)/C=C\c1ccc2cc[nH]c2c1. The highest BCUT2D eigenvalue weighted by Crippen LogP contribution is 2.14. The summed E-state index contributed by atoms with van der Waals surface area (Å²) in [6.07, 6.45) is 4.93. The quantitative estimate of drug-likeness (QED) is 0.688. The molecule has 1 aromatic carbocycles. The summed E-state index contributed by atoms with van der Waals surface area (Å²) in [6.45, 7) is 0. The third-order valence-electron chi connectivity index (χ3n) is 2.02. The maximum Gasteiger partial charge on any atom is 0.241 e. The van der Waals surface area contributed by atoms with E-state index >= 15 is 0 Å². The van der Waals surface area contributed by atoms with Crippen LogP contribution in [0.1, 0.15) is 5.56 Å². The molecule has 0 fully saturated rings. The van der Waals surface area contributed by atoms with Crippen molar-refractivity contribution in [2.75, 3.05) is 0 Å². The van der Waals surface area contributed by atoms with Gasteiger partial charge in [0.15, 0.2) is 0 Å². The summed E-state index contributed by atoms with van der Waals surface area (Å²) in [7, 11) is 0. The maximum atomic E-state index is 10.5. The maximum absolute atomic E-state index is 10.5. The van der Waals surface area contributed by atoms with Gasteiger partial charge in [0.05, 0.1) is 0 Å². The molecule has 14 heavy (non-hydrogen) atoms. The van der Waals surface area contributed by atoms with E-state index in [1.165, 1.54) is 6.08 Å². The van der Waals surface area contributed by atoms with Crippen molar-refractivity contribution < 1.29 is 4.79 Å². The predicted octanol–water partition coefficient (Wildman–Crippen LogP) is 1.67.